The van der Waals surface area contributed by atoms with E-state index in [4.69, 9.17) is 4.43 Å². The van der Waals surface area contributed by atoms with Crippen LogP contribution >= 0.6 is 0 Å². The van der Waals surface area contributed by atoms with E-state index in [0.29, 0.717) is 5.92 Å². The van der Waals surface area contributed by atoms with Gasteiger partial charge in [0.25, 0.3) is 0 Å². The Balaban J connectivity index is 2.49. The summed E-state index contributed by atoms with van der Waals surface area (Å²) in [6.07, 6.45) is 3.33. The molecule has 0 radical (unpaired) electrons. The van der Waals surface area contributed by atoms with E-state index in [0.717, 1.165) is 12.8 Å². The molecule has 2 nitrogen and oxygen atoms in total. The van der Waals surface area contributed by atoms with Crippen molar-refractivity contribution < 1.29 is 9.22 Å². The third-order valence-corrected chi connectivity index (χ3v) is 6.87. The first-order valence-electron chi connectivity index (χ1n) is 7.17. The molecule has 0 unspecified atom stereocenters. The van der Waals surface area contributed by atoms with Gasteiger partial charge in [-0.05, 0) is 57.2 Å². The van der Waals surface area contributed by atoms with E-state index in [-0.39, 0.29) is 16.6 Å². The van der Waals surface area contributed by atoms with E-state index in [9.17, 15) is 4.79 Å². The third-order valence-electron chi connectivity index (χ3n) is 5.91. The first-order chi connectivity index (χ1) is 7.96. The van der Waals surface area contributed by atoms with Crippen molar-refractivity contribution in [3.63, 3.8) is 0 Å². The molecule has 0 aromatic rings. The van der Waals surface area contributed by atoms with Crippen LogP contribution in [0.2, 0.25) is 19.6 Å². The second-order valence-corrected chi connectivity index (χ2v) is 12.5. The summed E-state index contributed by atoms with van der Waals surface area (Å²) in [5.41, 5.74) is -0.279. The average molecular weight is 268 g/mol. The van der Waals surface area contributed by atoms with Gasteiger partial charge in [-0.3, -0.25) is 4.79 Å². The van der Waals surface area contributed by atoms with Gasteiger partial charge in [-0.25, -0.2) is 0 Å². The van der Waals surface area contributed by atoms with Crippen LogP contribution in [0.3, 0.4) is 0 Å². The van der Waals surface area contributed by atoms with Crippen LogP contribution in [0.4, 0.5) is 0 Å². The Morgan fingerprint density at radius 1 is 1.22 bits per heavy atom. The zero-order valence-electron chi connectivity index (χ0n) is 13.0. The van der Waals surface area contributed by atoms with Gasteiger partial charge < -0.3 is 4.43 Å². The number of rotatable bonds is 3. The van der Waals surface area contributed by atoms with Crippen molar-refractivity contribution in [2.75, 3.05) is 0 Å². The Morgan fingerprint density at radius 3 is 2.06 bits per heavy atom. The van der Waals surface area contributed by atoms with Gasteiger partial charge in [-0.15, -0.1) is 0 Å². The maximum Gasteiger partial charge on any atom is 0.185 e. The normalized spacial score (nSPS) is 42.3. The van der Waals surface area contributed by atoms with E-state index in [2.05, 4.69) is 40.4 Å². The van der Waals surface area contributed by atoms with Crippen molar-refractivity contribution in [3.8, 4) is 0 Å². The highest BCUT2D eigenvalue weighted by Gasteiger charge is 2.71. The van der Waals surface area contributed by atoms with Crippen LogP contribution in [-0.4, -0.2) is 19.7 Å². The smallest absolute Gasteiger partial charge is 0.185 e. The molecule has 3 atom stereocenters. The molecular formula is C15H28O2Si. The van der Waals surface area contributed by atoms with Gasteiger partial charge in [0, 0.05) is 5.41 Å². The second kappa shape index (κ2) is 3.69. The molecule has 18 heavy (non-hydrogen) atoms. The summed E-state index contributed by atoms with van der Waals surface area (Å²) >= 11 is 0. The lowest BCUT2D eigenvalue weighted by molar-refractivity contribution is -0.149. The summed E-state index contributed by atoms with van der Waals surface area (Å²) < 4.78 is 6.51. The molecule has 2 fully saturated rings. The van der Waals surface area contributed by atoms with E-state index in [1.807, 2.05) is 0 Å². The SMILES string of the molecule is CC(=O)[C@]1(O[Si](C)(C)C)C[C@@H]2CC[C@@]1(C)C2(C)C. The number of carbonyl (C=O) groups excluding carboxylic acids is 1. The van der Waals surface area contributed by atoms with Crippen LogP contribution < -0.4 is 0 Å². The predicted molar refractivity (Wildman–Crippen MR) is 77.1 cm³/mol. The molecule has 0 spiro atoms. The van der Waals surface area contributed by atoms with Crippen LogP contribution in [0.15, 0.2) is 0 Å². The highest BCUT2D eigenvalue weighted by Crippen LogP contribution is 2.71. The first kappa shape index (κ1) is 14.3. The lowest BCUT2D eigenvalue weighted by Crippen LogP contribution is -2.58. The standard InChI is InChI=1S/C15H28O2Si/c1-11(16)15(17-18(5,6)7)10-12-8-9-14(15,4)13(12,2)3/h12H,8-10H2,1-7H3/t12-,14-,15+/m0/s1. The van der Waals surface area contributed by atoms with Gasteiger partial charge in [0.15, 0.2) is 14.1 Å². The number of hydrogen-bond donors (Lipinski definition) is 0. The van der Waals surface area contributed by atoms with Gasteiger partial charge in [0.05, 0.1) is 0 Å². The molecule has 2 aliphatic carbocycles. The monoisotopic (exact) mass is 268 g/mol. The fraction of sp³-hybridized carbons (Fsp3) is 0.933. The van der Waals surface area contributed by atoms with E-state index >= 15 is 0 Å². The molecule has 0 aliphatic heterocycles. The van der Waals surface area contributed by atoms with Gasteiger partial charge >= 0.3 is 0 Å². The van der Waals surface area contributed by atoms with Crippen molar-refractivity contribution in [3.05, 3.63) is 0 Å². The molecule has 0 saturated heterocycles. The Bertz CT molecular complexity index is 382. The summed E-state index contributed by atoms with van der Waals surface area (Å²) in [5.74, 6) is 0.894. The Hall–Kier alpha value is -0.153. The average Bonchev–Trinajstić information content (AvgIpc) is 2.47. The van der Waals surface area contributed by atoms with E-state index in [1.54, 1.807) is 6.92 Å². The molecule has 2 aliphatic rings. The zero-order chi connectivity index (χ0) is 14.0. The topological polar surface area (TPSA) is 26.3 Å². The molecule has 0 N–H and O–H groups in total. The van der Waals surface area contributed by atoms with Crippen LogP contribution in [0.5, 0.6) is 0 Å². The third kappa shape index (κ3) is 1.59. The minimum Gasteiger partial charge on any atom is -0.405 e. The van der Waals surface area contributed by atoms with E-state index < -0.39 is 13.9 Å². The maximum absolute atomic E-state index is 12.4. The van der Waals surface area contributed by atoms with Gasteiger partial charge in [-0.1, -0.05) is 20.8 Å². The van der Waals surface area contributed by atoms with Crippen molar-refractivity contribution >= 4 is 14.1 Å². The maximum atomic E-state index is 12.4. The first-order valence-corrected chi connectivity index (χ1v) is 10.6. The molecule has 2 saturated carbocycles. The molecule has 0 amide bonds. The zero-order valence-corrected chi connectivity index (χ0v) is 14.0. The number of fused-ring (bicyclic) bond motifs is 2. The molecular weight excluding hydrogens is 240 g/mol. The van der Waals surface area contributed by atoms with Crippen molar-refractivity contribution in [1.29, 1.82) is 0 Å². The molecule has 0 heterocycles. The number of Topliss-reactive ketones (excluding diaryl/α,β-unsaturated/α-hetero) is 1. The molecule has 104 valence electrons. The molecule has 2 bridgehead atoms. The molecule has 3 heteroatoms. The highest BCUT2D eigenvalue weighted by atomic mass is 28.4. The van der Waals surface area contributed by atoms with Gasteiger partial charge in [0.2, 0.25) is 0 Å². The Labute approximate surface area is 113 Å². The number of ketones is 1. The summed E-state index contributed by atoms with van der Waals surface area (Å²) in [6.45, 7) is 15.3. The minimum absolute atomic E-state index is 0.0107. The van der Waals surface area contributed by atoms with Crippen molar-refractivity contribution in [2.45, 2.75) is 72.2 Å². The fourth-order valence-corrected chi connectivity index (χ4v) is 6.03. The van der Waals surface area contributed by atoms with Gasteiger partial charge in [-0.2, -0.15) is 0 Å². The van der Waals surface area contributed by atoms with Crippen LogP contribution in [0.25, 0.3) is 0 Å². The number of carbonyl (C=O) groups is 1. The van der Waals surface area contributed by atoms with Crippen LogP contribution in [0.1, 0.15) is 47.0 Å². The second-order valence-electron chi connectivity index (χ2n) is 8.09. The van der Waals surface area contributed by atoms with Gasteiger partial charge in [0.1, 0.15) is 5.60 Å². The lowest BCUT2D eigenvalue weighted by atomic mass is 9.63. The van der Waals surface area contributed by atoms with Crippen molar-refractivity contribution in [1.82, 2.24) is 0 Å². The van der Waals surface area contributed by atoms with Crippen LogP contribution in [0, 0.1) is 16.7 Å². The summed E-state index contributed by atoms with van der Waals surface area (Å²) in [5, 5.41) is 0. The van der Waals surface area contributed by atoms with E-state index in [1.165, 1.54) is 6.42 Å². The summed E-state index contributed by atoms with van der Waals surface area (Å²) in [7, 11) is -1.73. The van der Waals surface area contributed by atoms with Crippen molar-refractivity contribution in [2.24, 2.45) is 16.7 Å². The summed E-state index contributed by atoms with van der Waals surface area (Å²) in [4.78, 5) is 12.4. The lowest BCUT2D eigenvalue weighted by Gasteiger charge is -2.49. The quantitative estimate of drug-likeness (QED) is 0.723. The predicted octanol–water partition coefficient (Wildman–Crippen LogP) is 4.01. The summed E-state index contributed by atoms with van der Waals surface area (Å²) in [6, 6.07) is 0. The number of hydrogen-bond acceptors (Lipinski definition) is 2. The molecule has 0 aromatic carbocycles. The Morgan fingerprint density at radius 2 is 1.78 bits per heavy atom. The largest absolute Gasteiger partial charge is 0.405 e. The fourth-order valence-electron chi connectivity index (χ4n) is 4.53. The highest BCUT2D eigenvalue weighted by molar-refractivity contribution is 6.70. The molecule has 2 rings (SSSR count). The Kier molecular flexibility index (Phi) is 2.93. The minimum atomic E-state index is -1.73. The molecule has 0 aromatic heterocycles. The van der Waals surface area contributed by atoms with Crippen LogP contribution in [-0.2, 0) is 9.22 Å².